The van der Waals surface area contributed by atoms with E-state index < -0.39 is 0 Å². The zero-order valence-electron chi connectivity index (χ0n) is 16.0. The second kappa shape index (κ2) is 8.82. The lowest BCUT2D eigenvalue weighted by atomic mass is 10.1. The van der Waals surface area contributed by atoms with Gasteiger partial charge in [-0.15, -0.1) is 0 Å². The monoisotopic (exact) mass is 365 g/mol. The van der Waals surface area contributed by atoms with Gasteiger partial charge in [0.2, 0.25) is 5.91 Å². The molecule has 0 aliphatic carbocycles. The molecule has 2 aromatic rings. The molecule has 1 saturated heterocycles. The van der Waals surface area contributed by atoms with Gasteiger partial charge < -0.3 is 10.6 Å². The third-order valence-electron chi connectivity index (χ3n) is 4.90. The average Bonchev–Trinajstić information content (AvgIpc) is 3.08. The van der Waals surface area contributed by atoms with Gasteiger partial charge in [0, 0.05) is 43.9 Å². The largest absolute Gasteiger partial charge is 0.352 e. The van der Waals surface area contributed by atoms with Gasteiger partial charge in [-0.3, -0.25) is 14.5 Å². The van der Waals surface area contributed by atoms with E-state index in [1.165, 1.54) is 11.1 Å². The number of hydrogen-bond donors (Lipinski definition) is 2. The molecule has 3 rings (SSSR count). The molecule has 0 bridgehead atoms. The third kappa shape index (κ3) is 5.41. The molecule has 1 aliphatic rings. The first-order valence-electron chi connectivity index (χ1n) is 9.52. The summed E-state index contributed by atoms with van der Waals surface area (Å²) in [6.45, 7) is 6.33. The maximum Gasteiger partial charge on any atom is 0.255 e. The van der Waals surface area contributed by atoms with Crippen molar-refractivity contribution >= 4 is 17.5 Å². The molecule has 1 atom stereocenters. The van der Waals surface area contributed by atoms with Crippen LogP contribution in [-0.2, 0) is 17.8 Å². The first-order chi connectivity index (χ1) is 13.0. The van der Waals surface area contributed by atoms with E-state index in [4.69, 9.17) is 0 Å². The molecule has 0 radical (unpaired) electrons. The fourth-order valence-corrected chi connectivity index (χ4v) is 3.47. The van der Waals surface area contributed by atoms with E-state index >= 15 is 0 Å². The highest BCUT2D eigenvalue weighted by molar-refractivity contribution is 6.04. The normalized spacial score (nSPS) is 16.9. The lowest BCUT2D eigenvalue weighted by molar-refractivity contribution is -0.119. The van der Waals surface area contributed by atoms with Crippen LogP contribution in [0.4, 0.5) is 5.69 Å². The fraction of sp³-hybridized carbons (Fsp3) is 0.364. The van der Waals surface area contributed by atoms with Crippen LogP contribution in [0.15, 0.2) is 48.5 Å². The molecule has 27 heavy (non-hydrogen) atoms. The Morgan fingerprint density at radius 2 is 1.89 bits per heavy atom. The van der Waals surface area contributed by atoms with Gasteiger partial charge in [0.15, 0.2) is 0 Å². The van der Waals surface area contributed by atoms with Gasteiger partial charge in [-0.25, -0.2) is 0 Å². The lowest BCUT2D eigenvalue weighted by Gasteiger charge is -2.16. The molecule has 0 aromatic heterocycles. The molecule has 1 heterocycles. The van der Waals surface area contributed by atoms with Gasteiger partial charge in [-0.05, 0) is 48.2 Å². The van der Waals surface area contributed by atoms with Crippen LogP contribution in [0.1, 0.15) is 41.8 Å². The summed E-state index contributed by atoms with van der Waals surface area (Å²) in [6, 6.07) is 15.9. The molecule has 0 saturated carbocycles. The van der Waals surface area contributed by atoms with Crippen LogP contribution in [0.3, 0.4) is 0 Å². The summed E-state index contributed by atoms with van der Waals surface area (Å²) >= 11 is 0. The number of benzene rings is 2. The molecule has 2 aromatic carbocycles. The molecule has 1 unspecified atom stereocenters. The van der Waals surface area contributed by atoms with E-state index in [2.05, 4.69) is 28.5 Å². The number of aryl methyl sites for hydroxylation is 1. The van der Waals surface area contributed by atoms with Crippen molar-refractivity contribution in [2.75, 3.05) is 18.4 Å². The van der Waals surface area contributed by atoms with Gasteiger partial charge >= 0.3 is 0 Å². The van der Waals surface area contributed by atoms with Crippen LogP contribution < -0.4 is 10.6 Å². The zero-order chi connectivity index (χ0) is 19.2. The number of anilines is 1. The maximum atomic E-state index is 12.5. The molecule has 2 amide bonds. The predicted octanol–water partition coefficient (Wildman–Crippen LogP) is 3.21. The minimum absolute atomic E-state index is 0.0293. The van der Waals surface area contributed by atoms with E-state index in [9.17, 15) is 9.59 Å². The first-order valence-corrected chi connectivity index (χ1v) is 9.52. The number of nitrogens with zero attached hydrogens (tertiary/aromatic N) is 1. The van der Waals surface area contributed by atoms with Crippen molar-refractivity contribution in [3.8, 4) is 0 Å². The Kier molecular flexibility index (Phi) is 6.24. The van der Waals surface area contributed by atoms with Gasteiger partial charge in [0.05, 0.1) is 0 Å². The van der Waals surface area contributed by atoms with Crippen molar-refractivity contribution in [1.29, 1.82) is 0 Å². The number of amides is 2. The molecule has 5 heteroatoms. The van der Waals surface area contributed by atoms with Gasteiger partial charge in [-0.2, -0.15) is 0 Å². The van der Waals surface area contributed by atoms with Crippen LogP contribution >= 0.6 is 0 Å². The molecule has 5 nitrogen and oxygen atoms in total. The third-order valence-corrected chi connectivity index (χ3v) is 4.90. The Morgan fingerprint density at radius 3 is 2.59 bits per heavy atom. The summed E-state index contributed by atoms with van der Waals surface area (Å²) in [5.41, 5.74) is 3.84. The molecule has 1 fully saturated rings. The van der Waals surface area contributed by atoms with Crippen LogP contribution in [0, 0.1) is 0 Å². The highest BCUT2D eigenvalue weighted by Crippen LogP contribution is 2.16. The van der Waals surface area contributed by atoms with E-state index in [1.54, 1.807) is 6.92 Å². The van der Waals surface area contributed by atoms with E-state index in [0.717, 1.165) is 38.2 Å². The smallest absolute Gasteiger partial charge is 0.255 e. The maximum absolute atomic E-state index is 12.5. The summed E-state index contributed by atoms with van der Waals surface area (Å²) < 4.78 is 0. The van der Waals surface area contributed by atoms with Crippen molar-refractivity contribution in [3.05, 3.63) is 65.2 Å². The van der Waals surface area contributed by atoms with Crippen molar-refractivity contribution in [3.63, 3.8) is 0 Å². The Labute approximate surface area is 160 Å². The van der Waals surface area contributed by atoms with Gasteiger partial charge in [-0.1, -0.05) is 31.2 Å². The summed E-state index contributed by atoms with van der Waals surface area (Å²) in [6.07, 6.45) is 1.93. The number of likely N-dealkylation sites (tertiary alicyclic amines) is 1. The molecular weight excluding hydrogens is 338 g/mol. The molecule has 0 spiro atoms. The molecular formula is C22H27N3O2. The average molecular weight is 365 g/mol. The van der Waals surface area contributed by atoms with Gasteiger partial charge in [0.25, 0.3) is 5.91 Å². The van der Waals surface area contributed by atoms with Crippen LogP contribution in [0.25, 0.3) is 0 Å². The second-order valence-electron chi connectivity index (χ2n) is 7.13. The van der Waals surface area contributed by atoms with Crippen molar-refractivity contribution in [2.45, 2.75) is 39.3 Å². The minimum atomic E-state index is -0.0957. The Bertz CT molecular complexity index is 801. The van der Waals surface area contributed by atoms with E-state index in [-0.39, 0.29) is 17.9 Å². The summed E-state index contributed by atoms with van der Waals surface area (Å²) in [4.78, 5) is 25.9. The Balaban J connectivity index is 1.55. The zero-order valence-corrected chi connectivity index (χ0v) is 16.0. The lowest BCUT2D eigenvalue weighted by Crippen LogP contribution is -2.35. The quantitative estimate of drug-likeness (QED) is 0.826. The molecule has 2 N–H and O–H groups in total. The standard InChI is InChI=1S/C22H27N3O2/c1-3-17-5-4-6-20(13-17)24-22(27)19-9-7-18(8-10-19)14-25-12-11-21(15-25)23-16(2)26/h4-10,13,21H,3,11-12,14-15H2,1-2H3,(H,23,26)(H,24,27). The number of hydrogen-bond acceptors (Lipinski definition) is 3. The number of carbonyl (C=O) groups excluding carboxylic acids is 2. The van der Waals surface area contributed by atoms with Crippen molar-refractivity contribution < 1.29 is 9.59 Å². The number of nitrogens with one attached hydrogen (secondary N) is 2. The van der Waals surface area contributed by atoms with Crippen LogP contribution in [-0.4, -0.2) is 35.8 Å². The Hall–Kier alpha value is -2.66. The van der Waals surface area contributed by atoms with E-state index in [1.807, 2.05) is 42.5 Å². The summed E-state index contributed by atoms with van der Waals surface area (Å²) in [7, 11) is 0. The van der Waals surface area contributed by atoms with E-state index in [0.29, 0.717) is 5.56 Å². The Morgan fingerprint density at radius 1 is 1.11 bits per heavy atom. The van der Waals surface area contributed by atoms with Crippen molar-refractivity contribution in [2.24, 2.45) is 0 Å². The summed E-state index contributed by atoms with van der Waals surface area (Å²) in [5, 5.41) is 5.94. The molecule has 1 aliphatic heterocycles. The summed E-state index contributed by atoms with van der Waals surface area (Å²) in [5.74, 6) is -0.0663. The first kappa shape index (κ1) is 19.1. The SMILES string of the molecule is CCc1cccc(NC(=O)c2ccc(CN3CCC(NC(C)=O)C3)cc2)c1. The highest BCUT2D eigenvalue weighted by Gasteiger charge is 2.22. The minimum Gasteiger partial charge on any atom is -0.352 e. The number of carbonyl (C=O) groups is 2. The highest BCUT2D eigenvalue weighted by atomic mass is 16.2. The van der Waals surface area contributed by atoms with Crippen LogP contribution in [0.5, 0.6) is 0 Å². The number of rotatable bonds is 6. The van der Waals surface area contributed by atoms with Crippen molar-refractivity contribution in [1.82, 2.24) is 10.2 Å². The molecule has 142 valence electrons. The second-order valence-corrected chi connectivity index (χ2v) is 7.13. The van der Waals surface area contributed by atoms with Crippen LogP contribution in [0.2, 0.25) is 0 Å². The van der Waals surface area contributed by atoms with Gasteiger partial charge in [0.1, 0.15) is 0 Å². The fourth-order valence-electron chi connectivity index (χ4n) is 3.47. The predicted molar refractivity (Wildman–Crippen MR) is 108 cm³/mol. The topological polar surface area (TPSA) is 61.4 Å².